The van der Waals surface area contributed by atoms with E-state index < -0.39 is 23.5 Å². The zero-order valence-corrected chi connectivity index (χ0v) is 14.4. The van der Waals surface area contributed by atoms with Crippen molar-refractivity contribution in [2.75, 3.05) is 5.32 Å². The largest absolute Gasteiger partial charge is 0.416 e. The van der Waals surface area contributed by atoms with Crippen LogP contribution in [-0.2, 0) is 12.7 Å². The molecule has 0 atom stereocenters. The van der Waals surface area contributed by atoms with E-state index in [2.05, 4.69) is 15.6 Å². The summed E-state index contributed by atoms with van der Waals surface area (Å²) in [6.45, 7) is 0.0113. The molecule has 0 unspecified atom stereocenters. The Labute approximate surface area is 158 Å². The van der Waals surface area contributed by atoms with Crippen molar-refractivity contribution < 1.29 is 22.4 Å². The summed E-state index contributed by atoms with van der Waals surface area (Å²) in [7, 11) is 0. The van der Waals surface area contributed by atoms with Gasteiger partial charge < -0.3 is 10.6 Å². The molecule has 4 nitrogen and oxygen atoms in total. The van der Waals surface area contributed by atoms with Gasteiger partial charge in [0.15, 0.2) is 0 Å². The van der Waals surface area contributed by atoms with E-state index in [0.717, 1.165) is 12.1 Å². The van der Waals surface area contributed by atoms with Crippen LogP contribution in [-0.4, -0.2) is 10.9 Å². The molecule has 1 amide bonds. The summed E-state index contributed by atoms with van der Waals surface area (Å²) in [4.78, 5) is 16.1. The number of rotatable bonds is 5. The van der Waals surface area contributed by atoms with Crippen molar-refractivity contribution in [1.82, 2.24) is 10.3 Å². The normalized spacial score (nSPS) is 11.1. The SMILES string of the molecule is O=C(NCc1ccccc1F)c1ccc(Nc2cccc(C(F)(F)F)c2)cn1. The molecule has 0 radical (unpaired) electrons. The zero-order valence-electron chi connectivity index (χ0n) is 14.4. The second kappa shape index (κ2) is 8.08. The molecule has 8 heteroatoms. The Morgan fingerprint density at radius 3 is 2.43 bits per heavy atom. The Hall–Kier alpha value is -3.42. The quantitative estimate of drug-likeness (QED) is 0.610. The number of nitrogens with zero attached hydrogens (tertiary/aromatic N) is 1. The summed E-state index contributed by atoms with van der Waals surface area (Å²) >= 11 is 0. The zero-order chi connectivity index (χ0) is 20.1. The summed E-state index contributed by atoms with van der Waals surface area (Å²) in [5.74, 6) is -0.912. The average molecular weight is 389 g/mol. The Kier molecular flexibility index (Phi) is 5.58. The van der Waals surface area contributed by atoms with Crippen molar-refractivity contribution in [1.29, 1.82) is 0 Å². The number of alkyl halides is 3. The van der Waals surface area contributed by atoms with Crippen molar-refractivity contribution in [3.8, 4) is 0 Å². The lowest BCUT2D eigenvalue weighted by Gasteiger charge is -2.11. The van der Waals surface area contributed by atoms with Gasteiger partial charge in [-0.1, -0.05) is 24.3 Å². The van der Waals surface area contributed by atoms with E-state index in [9.17, 15) is 22.4 Å². The summed E-state index contributed by atoms with van der Waals surface area (Å²) in [6.07, 6.45) is -3.10. The molecule has 0 aliphatic rings. The van der Waals surface area contributed by atoms with Gasteiger partial charge in [0.1, 0.15) is 11.5 Å². The van der Waals surface area contributed by atoms with Crippen LogP contribution in [0.3, 0.4) is 0 Å². The number of pyridine rings is 1. The van der Waals surface area contributed by atoms with Crippen molar-refractivity contribution in [3.05, 3.63) is 89.5 Å². The molecule has 1 heterocycles. The van der Waals surface area contributed by atoms with Crippen LogP contribution in [0.5, 0.6) is 0 Å². The highest BCUT2D eigenvalue weighted by Crippen LogP contribution is 2.31. The monoisotopic (exact) mass is 389 g/mol. The molecule has 0 saturated carbocycles. The van der Waals surface area contributed by atoms with Gasteiger partial charge in [-0.25, -0.2) is 9.37 Å². The van der Waals surface area contributed by atoms with Crippen LogP contribution in [0.1, 0.15) is 21.6 Å². The summed E-state index contributed by atoms with van der Waals surface area (Å²) in [5, 5.41) is 5.37. The predicted octanol–water partition coefficient (Wildman–Crippen LogP) is 4.91. The lowest BCUT2D eigenvalue weighted by atomic mass is 10.2. The van der Waals surface area contributed by atoms with Crippen LogP contribution < -0.4 is 10.6 Å². The van der Waals surface area contributed by atoms with E-state index in [4.69, 9.17) is 0 Å². The summed E-state index contributed by atoms with van der Waals surface area (Å²) in [5.41, 5.74) is 0.345. The maximum Gasteiger partial charge on any atom is 0.416 e. The number of halogens is 4. The Balaban J connectivity index is 1.63. The third-order valence-corrected chi connectivity index (χ3v) is 3.87. The molecule has 3 aromatic rings. The maximum atomic E-state index is 13.6. The Morgan fingerprint density at radius 2 is 1.75 bits per heavy atom. The standard InChI is InChI=1S/C20H15F4N3O/c21-17-7-2-1-4-13(17)11-26-19(28)18-9-8-16(12-25-18)27-15-6-3-5-14(10-15)20(22,23)24/h1-10,12,27H,11H2,(H,26,28). The third-order valence-electron chi connectivity index (χ3n) is 3.87. The smallest absolute Gasteiger partial charge is 0.354 e. The van der Waals surface area contributed by atoms with Crippen LogP contribution in [0.25, 0.3) is 0 Å². The molecule has 0 aliphatic heterocycles. The lowest BCUT2D eigenvalue weighted by Crippen LogP contribution is -2.24. The molecule has 0 fully saturated rings. The topological polar surface area (TPSA) is 54.0 Å². The minimum atomic E-state index is -4.43. The van der Waals surface area contributed by atoms with Gasteiger partial charge in [-0.2, -0.15) is 13.2 Å². The molecule has 1 aromatic heterocycles. The van der Waals surface area contributed by atoms with Gasteiger partial charge in [-0.05, 0) is 36.4 Å². The second-order valence-corrected chi connectivity index (χ2v) is 5.91. The molecule has 0 spiro atoms. The second-order valence-electron chi connectivity index (χ2n) is 5.91. The Morgan fingerprint density at radius 1 is 0.964 bits per heavy atom. The van der Waals surface area contributed by atoms with E-state index in [-0.39, 0.29) is 17.9 Å². The van der Waals surface area contributed by atoms with E-state index in [1.54, 1.807) is 18.2 Å². The van der Waals surface area contributed by atoms with Gasteiger partial charge in [-0.3, -0.25) is 4.79 Å². The van der Waals surface area contributed by atoms with Crippen LogP contribution >= 0.6 is 0 Å². The number of hydrogen-bond acceptors (Lipinski definition) is 3. The van der Waals surface area contributed by atoms with Gasteiger partial charge in [0.25, 0.3) is 5.91 Å². The molecule has 144 valence electrons. The van der Waals surface area contributed by atoms with Gasteiger partial charge in [0, 0.05) is 17.8 Å². The molecule has 0 aliphatic carbocycles. The lowest BCUT2D eigenvalue weighted by molar-refractivity contribution is -0.137. The molecule has 3 rings (SSSR count). The van der Waals surface area contributed by atoms with Crippen LogP contribution in [0, 0.1) is 5.82 Å². The predicted molar refractivity (Wildman–Crippen MR) is 96.5 cm³/mol. The van der Waals surface area contributed by atoms with E-state index in [1.165, 1.54) is 36.5 Å². The molecule has 0 bridgehead atoms. The first-order valence-electron chi connectivity index (χ1n) is 8.25. The molecular formula is C20H15F4N3O. The number of amides is 1. The van der Waals surface area contributed by atoms with Crippen LogP contribution in [0.15, 0.2) is 66.9 Å². The number of carbonyl (C=O) groups excluding carboxylic acids is 1. The van der Waals surface area contributed by atoms with E-state index in [0.29, 0.717) is 11.3 Å². The highest BCUT2D eigenvalue weighted by molar-refractivity contribution is 5.92. The fraction of sp³-hybridized carbons (Fsp3) is 0.100. The van der Waals surface area contributed by atoms with Crippen molar-refractivity contribution in [2.24, 2.45) is 0 Å². The van der Waals surface area contributed by atoms with Crippen LogP contribution in [0.4, 0.5) is 28.9 Å². The molecule has 28 heavy (non-hydrogen) atoms. The fourth-order valence-corrected chi connectivity index (χ4v) is 2.45. The summed E-state index contributed by atoms with van der Waals surface area (Å²) in [6, 6.07) is 13.8. The number of benzene rings is 2. The molecule has 0 saturated heterocycles. The minimum absolute atomic E-state index is 0.0113. The maximum absolute atomic E-state index is 13.6. The summed E-state index contributed by atoms with van der Waals surface area (Å²) < 4.78 is 51.8. The first-order chi connectivity index (χ1) is 13.3. The number of carbonyl (C=O) groups is 1. The highest BCUT2D eigenvalue weighted by Gasteiger charge is 2.30. The number of hydrogen-bond donors (Lipinski definition) is 2. The van der Waals surface area contributed by atoms with Gasteiger partial charge in [-0.15, -0.1) is 0 Å². The Bertz CT molecular complexity index is 972. The molecular weight excluding hydrogens is 374 g/mol. The minimum Gasteiger partial charge on any atom is -0.354 e. The fourth-order valence-electron chi connectivity index (χ4n) is 2.45. The number of aromatic nitrogens is 1. The number of anilines is 2. The molecule has 2 N–H and O–H groups in total. The van der Waals surface area contributed by atoms with E-state index in [1.807, 2.05) is 0 Å². The first kappa shape index (κ1) is 19.3. The average Bonchev–Trinajstić information content (AvgIpc) is 2.67. The van der Waals surface area contributed by atoms with Crippen molar-refractivity contribution in [2.45, 2.75) is 12.7 Å². The van der Waals surface area contributed by atoms with Crippen molar-refractivity contribution >= 4 is 17.3 Å². The van der Waals surface area contributed by atoms with Crippen LogP contribution in [0.2, 0.25) is 0 Å². The van der Waals surface area contributed by atoms with Gasteiger partial charge in [0.2, 0.25) is 0 Å². The van der Waals surface area contributed by atoms with Gasteiger partial charge in [0.05, 0.1) is 17.4 Å². The van der Waals surface area contributed by atoms with E-state index >= 15 is 0 Å². The molecule has 2 aromatic carbocycles. The third kappa shape index (κ3) is 4.85. The van der Waals surface area contributed by atoms with Crippen molar-refractivity contribution in [3.63, 3.8) is 0 Å². The van der Waals surface area contributed by atoms with Gasteiger partial charge >= 0.3 is 6.18 Å². The number of nitrogens with one attached hydrogen (secondary N) is 2. The first-order valence-corrected chi connectivity index (χ1v) is 8.25. The highest BCUT2D eigenvalue weighted by atomic mass is 19.4.